The van der Waals surface area contributed by atoms with Crippen molar-refractivity contribution >= 4 is 23.6 Å². The van der Waals surface area contributed by atoms with E-state index in [1.54, 1.807) is 0 Å². The van der Waals surface area contributed by atoms with Gasteiger partial charge in [-0.15, -0.1) is 0 Å². The molecular formula is C19H30N4O4. The lowest BCUT2D eigenvalue weighted by molar-refractivity contribution is -0.124. The summed E-state index contributed by atoms with van der Waals surface area (Å²) >= 11 is 0. The van der Waals surface area contributed by atoms with Gasteiger partial charge >= 0.3 is 0 Å². The largest absolute Gasteiger partial charge is 0.370 e. The quantitative estimate of drug-likeness (QED) is 0.324. The van der Waals surface area contributed by atoms with E-state index < -0.39 is 5.91 Å². The summed E-state index contributed by atoms with van der Waals surface area (Å²) in [5, 5.41) is 8.02. The zero-order valence-corrected chi connectivity index (χ0v) is 15.7. The van der Waals surface area contributed by atoms with Gasteiger partial charge in [-0.1, -0.05) is 24.3 Å². The van der Waals surface area contributed by atoms with E-state index in [2.05, 4.69) is 28.1 Å². The summed E-state index contributed by atoms with van der Waals surface area (Å²) in [5.74, 6) is -0.403. The van der Waals surface area contributed by atoms with Crippen molar-refractivity contribution in [1.29, 1.82) is 0 Å². The van der Waals surface area contributed by atoms with Crippen LogP contribution >= 0.6 is 0 Å². The fraction of sp³-hybridized carbons (Fsp3) is 0.579. The average molecular weight is 378 g/mol. The molecule has 0 fully saturated rings. The molecule has 0 atom stereocenters. The Kier molecular flexibility index (Phi) is 11.2. The second-order valence-corrected chi connectivity index (χ2v) is 6.45. The predicted molar refractivity (Wildman–Crippen MR) is 102 cm³/mol. The maximum absolute atomic E-state index is 11.7. The van der Waals surface area contributed by atoms with Gasteiger partial charge in [0.25, 0.3) is 0 Å². The molecule has 27 heavy (non-hydrogen) atoms. The van der Waals surface area contributed by atoms with E-state index in [1.807, 2.05) is 12.2 Å². The maximum Gasteiger partial charge on any atom is 0.221 e. The molecule has 5 N–H and O–H groups in total. The number of allylic oxidation sites excluding steroid dienone is 4. The van der Waals surface area contributed by atoms with Crippen LogP contribution in [-0.2, 0) is 19.2 Å². The number of rotatable bonds is 14. The summed E-state index contributed by atoms with van der Waals surface area (Å²) in [4.78, 5) is 45.4. The van der Waals surface area contributed by atoms with E-state index in [9.17, 15) is 19.2 Å². The van der Waals surface area contributed by atoms with Gasteiger partial charge in [0.2, 0.25) is 23.6 Å². The number of hydrogen-bond acceptors (Lipinski definition) is 4. The second kappa shape index (κ2) is 13.5. The molecule has 4 amide bonds. The highest BCUT2D eigenvalue weighted by Gasteiger charge is 2.07. The number of nitrogens with one attached hydrogen (secondary N) is 3. The highest BCUT2D eigenvalue weighted by Crippen LogP contribution is 2.15. The van der Waals surface area contributed by atoms with Gasteiger partial charge in [-0.3, -0.25) is 19.2 Å². The molecule has 1 aliphatic rings. The average Bonchev–Trinajstić information content (AvgIpc) is 3.12. The fourth-order valence-electron chi connectivity index (χ4n) is 2.55. The molecule has 150 valence electrons. The van der Waals surface area contributed by atoms with Gasteiger partial charge < -0.3 is 21.7 Å². The highest BCUT2D eigenvalue weighted by molar-refractivity contribution is 5.79. The smallest absolute Gasteiger partial charge is 0.221 e. The predicted octanol–water partition coefficient (Wildman–Crippen LogP) is 0.293. The van der Waals surface area contributed by atoms with Crippen molar-refractivity contribution in [2.75, 3.05) is 19.6 Å². The maximum atomic E-state index is 11.7. The Morgan fingerprint density at radius 1 is 0.704 bits per heavy atom. The molecule has 8 heteroatoms. The first-order valence-electron chi connectivity index (χ1n) is 9.40. The van der Waals surface area contributed by atoms with E-state index >= 15 is 0 Å². The van der Waals surface area contributed by atoms with Crippen LogP contribution in [0, 0.1) is 5.92 Å². The Labute approximate surface area is 160 Å². The third-order valence-corrected chi connectivity index (χ3v) is 4.04. The van der Waals surface area contributed by atoms with Gasteiger partial charge in [0.15, 0.2) is 0 Å². The van der Waals surface area contributed by atoms with Crippen LogP contribution in [0.3, 0.4) is 0 Å². The van der Waals surface area contributed by atoms with Gasteiger partial charge in [-0.25, -0.2) is 0 Å². The first kappa shape index (κ1) is 22.4. The van der Waals surface area contributed by atoms with Crippen molar-refractivity contribution in [3.63, 3.8) is 0 Å². The van der Waals surface area contributed by atoms with Gasteiger partial charge in [0.05, 0.1) is 0 Å². The molecule has 1 aliphatic carbocycles. The monoisotopic (exact) mass is 378 g/mol. The molecule has 0 saturated carbocycles. The lowest BCUT2D eigenvalue weighted by Gasteiger charge is -2.08. The van der Waals surface area contributed by atoms with Crippen LogP contribution in [-0.4, -0.2) is 43.3 Å². The molecule has 0 bridgehead atoms. The van der Waals surface area contributed by atoms with Gasteiger partial charge in [0.1, 0.15) is 0 Å². The number of carbonyl (C=O) groups excluding carboxylic acids is 4. The minimum atomic E-state index is -0.460. The summed E-state index contributed by atoms with van der Waals surface area (Å²) in [6.07, 6.45) is 11.6. The number of hydrogen-bond donors (Lipinski definition) is 4. The minimum Gasteiger partial charge on any atom is -0.370 e. The lowest BCUT2D eigenvalue weighted by Crippen LogP contribution is -2.32. The van der Waals surface area contributed by atoms with Gasteiger partial charge in [0, 0.05) is 45.3 Å². The summed E-state index contributed by atoms with van der Waals surface area (Å²) < 4.78 is 0. The molecule has 0 aromatic carbocycles. The SMILES string of the molecule is NC(=O)CCNC(=O)CCCNC(=O)CCNC(=O)CCCC1C=CC=C1. The van der Waals surface area contributed by atoms with Crippen molar-refractivity contribution in [3.8, 4) is 0 Å². The molecule has 0 heterocycles. The molecule has 8 nitrogen and oxygen atoms in total. The second-order valence-electron chi connectivity index (χ2n) is 6.45. The molecule has 0 aromatic heterocycles. The highest BCUT2D eigenvalue weighted by atomic mass is 16.2. The molecule has 0 spiro atoms. The molecule has 0 saturated heterocycles. The van der Waals surface area contributed by atoms with Crippen molar-refractivity contribution < 1.29 is 19.2 Å². The molecular weight excluding hydrogens is 348 g/mol. The summed E-state index contributed by atoms with van der Waals surface area (Å²) in [5.41, 5.74) is 4.97. The lowest BCUT2D eigenvalue weighted by atomic mass is 10.0. The number of amides is 4. The zero-order chi connectivity index (χ0) is 19.9. The van der Waals surface area contributed by atoms with Crippen LogP contribution in [0.15, 0.2) is 24.3 Å². The minimum absolute atomic E-state index is 0.0404. The van der Waals surface area contributed by atoms with E-state index in [1.165, 1.54) is 0 Å². The van der Waals surface area contributed by atoms with Gasteiger partial charge in [-0.2, -0.15) is 0 Å². The van der Waals surface area contributed by atoms with Crippen LogP contribution in [0.4, 0.5) is 0 Å². The standard InChI is InChI=1S/C19H30N4O4/c20-16(24)10-13-22-18(26)9-4-12-21-19(27)11-14-23-17(25)8-3-7-15-5-1-2-6-15/h1-2,5-6,15H,3-4,7-14H2,(H2,20,24)(H,21,27)(H,22,26)(H,23,25). The Hall–Kier alpha value is -2.64. The third-order valence-electron chi connectivity index (χ3n) is 4.04. The summed E-state index contributed by atoms with van der Waals surface area (Å²) in [7, 11) is 0. The van der Waals surface area contributed by atoms with Crippen LogP contribution < -0.4 is 21.7 Å². The van der Waals surface area contributed by atoms with Crippen LogP contribution in [0.1, 0.15) is 44.9 Å². The zero-order valence-electron chi connectivity index (χ0n) is 15.7. The van der Waals surface area contributed by atoms with Crippen LogP contribution in [0.25, 0.3) is 0 Å². The summed E-state index contributed by atoms with van der Waals surface area (Å²) in [6, 6.07) is 0. The Bertz CT molecular complexity index is 560. The van der Waals surface area contributed by atoms with Crippen LogP contribution in [0.2, 0.25) is 0 Å². The van der Waals surface area contributed by atoms with E-state index in [4.69, 9.17) is 5.73 Å². The van der Waals surface area contributed by atoms with Crippen LogP contribution in [0.5, 0.6) is 0 Å². The molecule has 0 unspecified atom stereocenters. The first-order valence-corrected chi connectivity index (χ1v) is 9.40. The number of nitrogens with two attached hydrogens (primary N) is 1. The summed E-state index contributed by atoms with van der Waals surface area (Å²) in [6.45, 7) is 0.925. The van der Waals surface area contributed by atoms with E-state index in [-0.39, 0.29) is 43.5 Å². The Morgan fingerprint density at radius 3 is 1.85 bits per heavy atom. The molecule has 0 aromatic rings. The van der Waals surface area contributed by atoms with E-state index in [0.717, 1.165) is 12.8 Å². The van der Waals surface area contributed by atoms with Crippen molar-refractivity contribution in [2.24, 2.45) is 11.7 Å². The fourth-order valence-corrected chi connectivity index (χ4v) is 2.55. The van der Waals surface area contributed by atoms with Crippen molar-refractivity contribution in [2.45, 2.75) is 44.9 Å². The number of primary amides is 1. The van der Waals surface area contributed by atoms with Crippen molar-refractivity contribution in [1.82, 2.24) is 16.0 Å². The van der Waals surface area contributed by atoms with Crippen molar-refractivity contribution in [3.05, 3.63) is 24.3 Å². The molecule has 0 radical (unpaired) electrons. The molecule has 0 aliphatic heterocycles. The topological polar surface area (TPSA) is 130 Å². The Balaban J connectivity index is 1.93. The first-order chi connectivity index (χ1) is 13.0. The van der Waals surface area contributed by atoms with Gasteiger partial charge in [-0.05, 0) is 25.2 Å². The molecule has 1 rings (SSSR count). The van der Waals surface area contributed by atoms with E-state index in [0.29, 0.717) is 31.8 Å². The number of carbonyl (C=O) groups is 4. The Morgan fingerprint density at radius 2 is 1.22 bits per heavy atom. The third kappa shape index (κ3) is 12.4. The normalized spacial score (nSPS) is 12.7.